The first-order valence-corrected chi connectivity index (χ1v) is 5.71. The Balaban J connectivity index is 1.84. The first-order chi connectivity index (χ1) is 8.28. The van der Waals surface area contributed by atoms with Gasteiger partial charge in [-0.25, -0.2) is 0 Å². The van der Waals surface area contributed by atoms with Gasteiger partial charge in [0.15, 0.2) is 12.4 Å². The zero-order chi connectivity index (χ0) is 12.1. The third kappa shape index (κ3) is 3.30. The molecular formula is C11H16N4O2. The van der Waals surface area contributed by atoms with E-state index in [1.807, 2.05) is 7.05 Å². The van der Waals surface area contributed by atoms with Crippen molar-refractivity contribution in [1.29, 1.82) is 0 Å². The Bertz CT molecular complexity index is 463. The minimum absolute atomic E-state index is 0.307. The summed E-state index contributed by atoms with van der Waals surface area (Å²) in [6, 6.07) is 0. The van der Waals surface area contributed by atoms with Crippen LogP contribution in [0.1, 0.15) is 31.5 Å². The van der Waals surface area contributed by atoms with Crippen molar-refractivity contribution in [3.63, 3.8) is 0 Å². The van der Waals surface area contributed by atoms with Crippen LogP contribution < -0.4 is 4.74 Å². The summed E-state index contributed by atoms with van der Waals surface area (Å²) < 4.78 is 12.2. The molecule has 0 fully saturated rings. The molecule has 0 atom stereocenters. The largest absolute Gasteiger partial charge is 0.482 e. The van der Waals surface area contributed by atoms with Crippen molar-refractivity contribution in [2.24, 2.45) is 7.05 Å². The Morgan fingerprint density at radius 1 is 1.47 bits per heavy atom. The van der Waals surface area contributed by atoms with E-state index < -0.39 is 0 Å². The number of aromatic nitrogens is 4. The lowest BCUT2D eigenvalue weighted by atomic mass is 10.2. The van der Waals surface area contributed by atoms with Gasteiger partial charge < -0.3 is 9.26 Å². The molecule has 6 nitrogen and oxygen atoms in total. The summed E-state index contributed by atoms with van der Waals surface area (Å²) in [5.41, 5.74) is 0. The van der Waals surface area contributed by atoms with Crippen LogP contribution in [0.5, 0.6) is 5.75 Å². The molecule has 2 aromatic rings. The van der Waals surface area contributed by atoms with E-state index in [2.05, 4.69) is 22.2 Å². The van der Waals surface area contributed by atoms with Crippen molar-refractivity contribution < 1.29 is 9.26 Å². The zero-order valence-corrected chi connectivity index (χ0v) is 10.1. The number of ether oxygens (including phenoxy) is 1. The van der Waals surface area contributed by atoms with Crippen molar-refractivity contribution in [3.8, 4) is 5.75 Å². The molecule has 0 saturated carbocycles. The summed E-state index contributed by atoms with van der Waals surface area (Å²) >= 11 is 0. The Morgan fingerprint density at radius 3 is 3.06 bits per heavy atom. The van der Waals surface area contributed by atoms with Crippen LogP contribution in [-0.4, -0.2) is 19.9 Å². The summed E-state index contributed by atoms with van der Waals surface area (Å²) in [4.78, 5) is 4.24. The molecule has 2 aromatic heterocycles. The molecule has 17 heavy (non-hydrogen) atoms. The van der Waals surface area contributed by atoms with E-state index in [-0.39, 0.29) is 0 Å². The van der Waals surface area contributed by atoms with Gasteiger partial charge in [0.1, 0.15) is 0 Å². The molecule has 0 spiro atoms. The van der Waals surface area contributed by atoms with Gasteiger partial charge in [0.2, 0.25) is 11.7 Å². The molecule has 0 bridgehead atoms. The Labute approximate surface area is 99.6 Å². The number of hydrogen-bond donors (Lipinski definition) is 0. The van der Waals surface area contributed by atoms with E-state index >= 15 is 0 Å². The second-order valence-corrected chi connectivity index (χ2v) is 3.85. The highest BCUT2D eigenvalue weighted by Gasteiger charge is 2.06. The molecule has 0 aliphatic heterocycles. The van der Waals surface area contributed by atoms with E-state index in [4.69, 9.17) is 9.26 Å². The molecule has 92 valence electrons. The molecule has 0 radical (unpaired) electrons. The van der Waals surface area contributed by atoms with Gasteiger partial charge >= 0.3 is 0 Å². The third-order valence-electron chi connectivity index (χ3n) is 2.30. The van der Waals surface area contributed by atoms with Gasteiger partial charge in [-0.3, -0.25) is 4.68 Å². The Kier molecular flexibility index (Phi) is 3.74. The Hall–Kier alpha value is -1.85. The van der Waals surface area contributed by atoms with Crippen LogP contribution in [0.4, 0.5) is 0 Å². The first-order valence-electron chi connectivity index (χ1n) is 5.71. The fourth-order valence-corrected chi connectivity index (χ4v) is 1.40. The summed E-state index contributed by atoms with van der Waals surface area (Å²) in [6.07, 6.45) is 6.45. The van der Waals surface area contributed by atoms with Gasteiger partial charge in [-0.15, -0.1) is 0 Å². The van der Waals surface area contributed by atoms with Crippen molar-refractivity contribution >= 4 is 0 Å². The fourth-order valence-electron chi connectivity index (χ4n) is 1.40. The van der Waals surface area contributed by atoms with Crippen molar-refractivity contribution in [2.75, 3.05) is 0 Å². The molecule has 0 aliphatic rings. The van der Waals surface area contributed by atoms with Gasteiger partial charge in [-0.05, 0) is 6.42 Å². The highest BCUT2D eigenvalue weighted by Crippen LogP contribution is 2.10. The monoisotopic (exact) mass is 236 g/mol. The standard InChI is InChI=1S/C11H16N4O2/c1-3-4-5-11-13-10(14-17-11)8-16-9-6-12-15(2)7-9/h6-7H,3-5,8H2,1-2H3. The molecule has 0 unspecified atom stereocenters. The van der Waals surface area contributed by atoms with Crippen LogP contribution in [0.25, 0.3) is 0 Å². The number of rotatable bonds is 6. The van der Waals surface area contributed by atoms with E-state index in [0.717, 1.165) is 19.3 Å². The van der Waals surface area contributed by atoms with Crippen LogP contribution in [0, 0.1) is 0 Å². The van der Waals surface area contributed by atoms with Crippen LogP contribution in [0.15, 0.2) is 16.9 Å². The maximum absolute atomic E-state index is 5.46. The number of unbranched alkanes of at least 4 members (excludes halogenated alkanes) is 1. The van der Waals surface area contributed by atoms with Gasteiger partial charge in [0.05, 0.1) is 12.4 Å². The zero-order valence-electron chi connectivity index (χ0n) is 10.1. The van der Waals surface area contributed by atoms with Crippen LogP contribution in [0.3, 0.4) is 0 Å². The van der Waals surface area contributed by atoms with Crippen molar-refractivity contribution in [2.45, 2.75) is 32.8 Å². The molecule has 2 heterocycles. The molecule has 0 saturated heterocycles. The predicted octanol–water partition coefficient (Wildman–Crippen LogP) is 1.72. The van der Waals surface area contributed by atoms with E-state index in [0.29, 0.717) is 24.1 Å². The minimum Gasteiger partial charge on any atom is -0.482 e. The lowest BCUT2D eigenvalue weighted by Crippen LogP contribution is -1.97. The SMILES string of the molecule is CCCCc1nc(COc2cnn(C)c2)no1. The number of hydrogen-bond acceptors (Lipinski definition) is 5. The molecule has 0 aromatic carbocycles. The lowest BCUT2D eigenvalue weighted by Gasteiger charge is -1.97. The predicted molar refractivity (Wildman–Crippen MR) is 60.5 cm³/mol. The van der Waals surface area contributed by atoms with Gasteiger partial charge in [0, 0.05) is 13.5 Å². The Morgan fingerprint density at radius 2 is 2.35 bits per heavy atom. The van der Waals surface area contributed by atoms with Gasteiger partial charge in [-0.1, -0.05) is 18.5 Å². The minimum atomic E-state index is 0.307. The quantitative estimate of drug-likeness (QED) is 0.764. The van der Waals surface area contributed by atoms with E-state index in [1.165, 1.54) is 0 Å². The maximum Gasteiger partial charge on any atom is 0.226 e. The fraction of sp³-hybridized carbons (Fsp3) is 0.545. The average molecular weight is 236 g/mol. The average Bonchev–Trinajstić information content (AvgIpc) is 2.93. The summed E-state index contributed by atoms with van der Waals surface area (Å²) in [6.45, 7) is 2.43. The highest BCUT2D eigenvalue weighted by molar-refractivity contribution is 5.11. The summed E-state index contributed by atoms with van der Waals surface area (Å²) in [7, 11) is 1.84. The second kappa shape index (κ2) is 5.47. The summed E-state index contributed by atoms with van der Waals surface area (Å²) in [5, 5.41) is 7.85. The molecule has 0 amide bonds. The molecular weight excluding hydrogens is 220 g/mol. The molecule has 0 N–H and O–H groups in total. The summed E-state index contributed by atoms with van der Waals surface area (Å²) in [5.74, 6) is 1.95. The van der Waals surface area contributed by atoms with Crippen LogP contribution in [-0.2, 0) is 20.1 Å². The number of nitrogens with zero attached hydrogens (tertiary/aromatic N) is 4. The second-order valence-electron chi connectivity index (χ2n) is 3.85. The molecule has 6 heteroatoms. The van der Waals surface area contributed by atoms with Crippen molar-refractivity contribution in [1.82, 2.24) is 19.9 Å². The first kappa shape index (κ1) is 11.6. The van der Waals surface area contributed by atoms with Crippen LogP contribution >= 0.6 is 0 Å². The maximum atomic E-state index is 5.46. The highest BCUT2D eigenvalue weighted by atomic mass is 16.5. The lowest BCUT2D eigenvalue weighted by molar-refractivity contribution is 0.284. The van der Waals surface area contributed by atoms with E-state index in [9.17, 15) is 0 Å². The van der Waals surface area contributed by atoms with Gasteiger partial charge in [0.25, 0.3) is 0 Å². The smallest absolute Gasteiger partial charge is 0.226 e. The third-order valence-corrected chi connectivity index (χ3v) is 2.30. The topological polar surface area (TPSA) is 66.0 Å². The normalized spacial score (nSPS) is 10.7. The molecule has 2 rings (SSSR count). The van der Waals surface area contributed by atoms with Crippen molar-refractivity contribution in [3.05, 3.63) is 24.1 Å². The molecule has 0 aliphatic carbocycles. The van der Waals surface area contributed by atoms with Gasteiger partial charge in [-0.2, -0.15) is 10.1 Å². The van der Waals surface area contributed by atoms with Crippen LogP contribution in [0.2, 0.25) is 0 Å². The number of aryl methyl sites for hydroxylation is 2. The van der Waals surface area contributed by atoms with E-state index in [1.54, 1.807) is 17.1 Å².